The van der Waals surface area contributed by atoms with Crippen LogP contribution >= 0.6 is 0 Å². The van der Waals surface area contributed by atoms with E-state index in [-0.39, 0.29) is 9.79 Å². The molecule has 7 heteroatoms. The van der Waals surface area contributed by atoms with Crippen LogP contribution in [0, 0.1) is 0 Å². The molecule has 0 aliphatic heterocycles. The molecule has 26 heavy (non-hydrogen) atoms. The molecule has 3 rings (SSSR count). The Kier molecular flexibility index (Phi) is 4.88. The van der Waals surface area contributed by atoms with Gasteiger partial charge in [-0.2, -0.15) is 0 Å². The fourth-order valence-electron chi connectivity index (χ4n) is 2.71. The van der Waals surface area contributed by atoms with Gasteiger partial charge in [0.1, 0.15) is 0 Å². The molecule has 0 radical (unpaired) electrons. The predicted octanol–water partition coefficient (Wildman–Crippen LogP) is 3.28. The Morgan fingerprint density at radius 1 is 0.769 bits per heavy atom. The van der Waals surface area contributed by atoms with Crippen molar-refractivity contribution < 1.29 is 16.8 Å². The van der Waals surface area contributed by atoms with E-state index in [2.05, 4.69) is 4.72 Å². The molecule has 1 unspecified atom stereocenters. The zero-order valence-electron chi connectivity index (χ0n) is 14.4. The number of sulfone groups is 1. The molecule has 136 valence electrons. The topological polar surface area (TPSA) is 80.3 Å². The minimum atomic E-state index is -3.77. The van der Waals surface area contributed by atoms with Gasteiger partial charge >= 0.3 is 0 Å². The average Bonchev–Trinajstić information content (AvgIpc) is 2.60. The molecule has 1 atom stereocenters. The lowest BCUT2D eigenvalue weighted by molar-refractivity contribution is 0.566. The van der Waals surface area contributed by atoms with Crippen LogP contribution in [0.3, 0.4) is 0 Å². The van der Waals surface area contributed by atoms with Crippen LogP contribution in [0.1, 0.15) is 18.5 Å². The van der Waals surface area contributed by atoms with Gasteiger partial charge in [-0.25, -0.2) is 21.6 Å². The lowest BCUT2D eigenvalue weighted by Gasteiger charge is -2.15. The molecular formula is C19H19NO4S2. The van der Waals surface area contributed by atoms with Crippen LogP contribution in [-0.2, 0) is 19.9 Å². The first-order valence-electron chi connectivity index (χ1n) is 7.98. The third-order valence-electron chi connectivity index (χ3n) is 4.17. The zero-order valence-corrected chi connectivity index (χ0v) is 16.0. The summed E-state index contributed by atoms with van der Waals surface area (Å²) in [5.41, 5.74) is 0.847. The second-order valence-corrected chi connectivity index (χ2v) is 9.92. The summed E-state index contributed by atoms with van der Waals surface area (Å²) in [4.78, 5) is 0.108. The van der Waals surface area contributed by atoms with Crippen LogP contribution < -0.4 is 4.72 Å². The average molecular weight is 389 g/mol. The molecule has 0 fully saturated rings. The zero-order chi connectivity index (χ0) is 18.9. The van der Waals surface area contributed by atoms with Gasteiger partial charge in [0.2, 0.25) is 10.0 Å². The van der Waals surface area contributed by atoms with E-state index in [1.54, 1.807) is 6.92 Å². The molecule has 0 saturated heterocycles. The summed E-state index contributed by atoms with van der Waals surface area (Å²) in [5.74, 6) is 0. The van der Waals surface area contributed by atoms with Gasteiger partial charge in [-0.05, 0) is 53.6 Å². The van der Waals surface area contributed by atoms with Crippen LogP contribution in [0.4, 0.5) is 0 Å². The number of fused-ring (bicyclic) bond motifs is 1. The number of hydrogen-bond acceptors (Lipinski definition) is 4. The van der Waals surface area contributed by atoms with E-state index >= 15 is 0 Å². The Morgan fingerprint density at radius 3 is 1.96 bits per heavy atom. The maximum absolute atomic E-state index is 12.6. The van der Waals surface area contributed by atoms with Gasteiger partial charge in [-0.1, -0.05) is 36.4 Å². The highest BCUT2D eigenvalue weighted by molar-refractivity contribution is 7.90. The Hall–Kier alpha value is -2.22. The molecule has 0 saturated carbocycles. The van der Waals surface area contributed by atoms with Gasteiger partial charge in [-0.3, -0.25) is 0 Å². The summed E-state index contributed by atoms with van der Waals surface area (Å²) < 4.78 is 50.8. The Bertz CT molecular complexity index is 1150. The molecule has 0 aliphatic rings. The molecule has 0 aliphatic carbocycles. The summed E-state index contributed by atoms with van der Waals surface area (Å²) >= 11 is 0. The molecule has 1 N–H and O–H groups in total. The molecule has 0 amide bonds. The van der Waals surface area contributed by atoms with Crippen molar-refractivity contribution in [1.82, 2.24) is 4.72 Å². The van der Waals surface area contributed by atoms with Gasteiger partial charge in [0.05, 0.1) is 9.79 Å². The molecule has 0 bridgehead atoms. The highest BCUT2D eigenvalue weighted by Crippen LogP contribution is 2.22. The molecule has 3 aromatic rings. The van der Waals surface area contributed by atoms with Crippen molar-refractivity contribution in [2.24, 2.45) is 0 Å². The summed E-state index contributed by atoms with van der Waals surface area (Å²) in [5, 5.41) is 2.12. The van der Waals surface area contributed by atoms with Crippen molar-refractivity contribution in [3.05, 3.63) is 72.3 Å². The SMILES string of the molecule is CC(NS(=O)(=O)c1ccc(S(C)(=O)=O)cc1)c1ccc2ccccc2c1. The summed E-state index contributed by atoms with van der Waals surface area (Å²) in [6.07, 6.45) is 1.08. The van der Waals surface area contributed by atoms with Gasteiger partial charge < -0.3 is 0 Å². The standard InChI is InChI=1S/C19H19NO4S2/c1-14(16-8-7-15-5-3-4-6-17(15)13-16)20-26(23,24)19-11-9-18(10-12-19)25(2,21)22/h3-14,20H,1-2H3. The molecule has 0 spiro atoms. The Labute approximate surface area is 153 Å². The Morgan fingerprint density at radius 2 is 1.35 bits per heavy atom. The number of nitrogens with one attached hydrogen (secondary N) is 1. The lowest BCUT2D eigenvalue weighted by atomic mass is 10.0. The van der Waals surface area contributed by atoms with Crippen LogP contribution in [0.5, 0.6) is 0 Å². The first-order valence-corrected chi connectivity index (χ1v) is 11.4. The molecule has 0 heterocycles. The van der Waals surface area contributed by atoms with Crippen molar-refractivity contribution >= 4 is 30.6 Å². The van der Waals surface area contributed by atoms with Crippen LogP contribution in [0.25, 0.3) is 10.8 Å². The van der Waals surface area contributed by atoms with E-state index in [1.807, 2.05) is 42.5 Å². The minimum absolute atomic E-state index is 0.0255. The van der Waals surface area contributed by atoms with Crippen molar-refractivity contribution in [3.8, 4) is 0 Å². The maximum Gasteiger partial charge on any atom is 0.241 e. The fourth-order valence-corrected chi connectivity index (χ4v) is 4.57. The summed E-state index contributed by atoms with van der Waals surface area (Å²) in [6.45, 7) is 1.77. The number of hydrogen-bond donors (Lipinski definition) is 1. The molecule has 3 aromatic carbocycles. The van der Waals surface area contributed by atoms with Crippen molar-refractivity contribution in [2.45, 2.75) is 22.8 Å². The monoisotopic (exact) mass is 389 g/mol. The van der Waals surface area contributed by atoms with Crippen molar-refractivity contribution in [2.75, 3.05) is 6.26 Å². The van der Waals surface area contributed by atoms with E-state index in [0.717, 1.165) is 22.6 Å². The van der Waals surface area contributed by atoms with Gasteiger partial charge in [0.25, 0.3) is 0 Å². The lowest BCUT2D eigenvalue weighted by Crippen LogP contribution is -2.26. The highest BCUT2D eigenvalue weighted by Gasteiger charge is 2.19. The fraction of sp³-hybridized carbons (Fsp3) is 0.158. The summed E-state index contributed by atoms with van der Waals surface area (Å²) in [7, 11) is -7.14. The van der Waals surface area contributed by atoms with Crippen molar-refractivity contribution in [3.63, 3.8) is 0 Å². The third-order valence-corrected chi connectivity index (χ3v) is 6.85. The van der Waals surface area contributed by atoms with Gasteiger partial charge in [-0.15, -0.1) is 0 Å². The Balaban J connectivity index is 1.85. The first-order chi connectivity index (χ1) is 12.2. The highest BCUT2D eigenvalue weighted by atomic mass is 32.2. The maximum atomic E-state index is 12.6. The van der Waals surface area contributed by atoms with Crippen molar-refractivity contribution in [1.29, 1.82) is 0 Å². The van der Waals surface area contributed by atoms with E-state index < -0.39 is 25.9 Å². The van der Waals surface area contributed by atoms with Crippen LogP contribution in [0.2, 0.25) is 0 Å². The largest absolute Gasteiger partial charge is 0.241 e. The molecule has 5 nitrogen and oxygen atoms in total. The number of rotatable bonds is 5. The normalized spacial score (nSPS) is 13.6. The molecule has 0 aromatic heterocycles. The predicted molar refractivity (Wildman–Crippen MR) is 102 cm³/mol. The molecular weight excluding hydrogens is 370 g/mol. The van der Waals surface area contributed by atoms with Crippen LogP contribution in [0.15, 0.2) is 76.5 Å². The van der Waals surface area contributed by atoms with Gasteiger partial charge in [0.15, 0.2) is 9.84 Å². The second-order valence-electron chi connectivity index (χ2n) is 6.19. The summed E-state index contributed by atoms with van der Waals surface area (Å²) in [6, 6.07) is 18.4. The van der Waals surface area contributed by atoms with Gasteiger partial charge in [0, 0.05) is 12.3 Å². The first kappa shape index (κ1) is 18.6. The third kappa shape index (κ3) is 3.95. The number of benzene rings is 3. The quantitative estimate of drug-likeness (QED) is 0.726. The second kappa shape index (κ2) is 6.83. The van der Waals surface area contributed by atoms with E-state index in [0.29, 0.717) is 0 Å². The van der Waals surface area contributed by atoms with E-state index in [9.17, 15) is 16.8 Å². The van der Waals surface area contributed by atoms with E-state index in [4.69, 9.17) is 0 Å². The smallest absolute Gasteiger partial charge is 0.224 e. The van der Waals surface area contributed by atoms with Crippen LogP contribution in [-0.4, -0.2) is 23.1 Å². The number of sulfonamides is 1. The minimum Gasteiger partial charge on any atom is -0.224 e. The van der Waals surface area contributed by atoms with E-state index in [1.165, 1.54) is 24.3 Å².